The lowest BCUT2D eigenvalue weighted by molar-refractivity contribution is -0.116. The molecule has 2 rings (SSSR count). The molecule has 1 aliphatic carbocycles. The predicted octanol–water partition coefficient (Wildman–Crippen LogP) is 3.16. The average molecular weight is 224 g/mol. The summed E-state index contributed by atoms with van der Waals surface area (Å²) in [6.45, 7) is 0. The van der Waals surface area contributed by atoms with E-state index in [0.29, 0.717) is 18.2 Å². The van der Waals surface area contributed by atoms with Crippen LogP contribution in [0.15, 0.2) is 24.3 Å². The number of nitrogens with one attached hydrogen (secondary N) is 1. The number of hydrogen-bond donors (Lipinski definition) is 1. The van der Waals surface area contributed by atoms with E-state index < -0.39 is 0 Å². The fraction of sp³-hybridized carbons (Fsp3) is 0.417. The Kier molecular flexibility index (Phi) is 3.27. The van der Waals surface area contributed by atoms with Crippen molar-refractivity contribution in [1.82, 2.24) is 0 Å². The lowest BCUT2D eigenvalue weighted by Gasteiger charge is -2.05. The second kappa shape index (κ2) is 4.67. The van der Waals surface area contributed by atoms with Gasteiger partial charge in [-0.1, -0.05) is 12.1 Å². The van der Waals surface area contributed by atoms with Crippen molar-refractivity contribution >= 4 is 23.2 Å². The van der Waals surface area contributed by atoms with Crippen LogP contribution in [0.1, 0.15) is 24.8 Å². The number of anilines is 1. The highest BCUT2D eigenvalue weighted by atomic mass is 35.5. The van der Waals surface area contributed by atoms with Gasteiger partial charge in [0.15, 0.2) is 0 Å². The smallest absolute Gasteiger partial charge is 0.224 e. The number of benzene rings is 1. The van der Waals surface area contributed by atoms with Gasteiger partial charge >= 0.3 is 0 Å². The van der Waals surface area contributed by atoms with E-state index in [1.165, 1.54) is 12.8 Å². The second-order valence-electron chi connectivity index (χ2n) is 4.03. The molecule has 15 heavy (non-hydrogen) atoms. The molecule has 0 heterocycles. The molecule has 0 aromatic heterocycles. The Morgan fingerprint density at radius 1 is 1.47 bits per heavy atom. The van der Waals surface area contributed by atoms with E-state index in [0.717, 1.165) is 11.3 Å². The van der Waals surface area contributed by atoms with Crippen LogP contribution in [0.25, 0.3) is 0 Å². The van der Waals surface area contributed by atoms with Crippen LogP contribution in [-0.4, -0.2) is 5.91 Å². The lowest BCUT2D eigenvalue weighted by atomic mass is 10.2. The van der Waals surface area contributed by atoms with Gasteiger partial charge in [-0.25, -0.2) is 0 Å². The summed E-state index contributed by atoms with van der Waals surface area (Å²) in [4.78, 5) is 11.5. The third-order valence-electron chi connectivity index (χ3n) is 2.54. The summed E-state index contributed by atoms with van der Waals surface area (Å²) in [5, 5.41) is 2.89. The fourth-order valence-electron chi connectivity index (χ4n) is 1.53. The van der Waals surface area contributed by atoms with Crippen LogP contribution in [0.2, 0.25) is 0 Å². The van der Waals surface area contributed by atoms with Gasteiger partial charge in [-0.3, -0.25) is 4.79 Å². The van der Waals surface area contributed by atoms with Gasteiger partial charge in [-0.15, -0.1) is 11.6 Å². The van der Waals surface area contributed by atoms with Crippen molar-refractivity contribution in [2.45, 2.75) is 25.1 Å². The van der Waals surface area contributed by atoms with E-state index in [2.05, 4.69) is 5.32 Å². The molecule has 1 fully saturated rings. The Labute approximate surface area is 94.6 Å². The van der Waals surface area contributed by atoms with Gasteiger partial charge < -0.3 is 5.32 Å². The molecule has 0 bridgehead atoms. The van der Waals surface area contributed by atoms with Gasteiger partial charge in [0.2, 0.25) is 5.91 Å². The second-order valence-corrected chi connectivity index (χ2v) is 4.30. The van der Waals surface area contributed by atoms with Crippen LogP contribution < -0.4 is 5.32 Å². The van der Waals surface area contributed by atoms with E-state index in [4.69, 9.17) is 11.6 Å². The van der Waals surface area contributed by atoms with Crippen LogP contribution in [0.5, 0.6) is 0 Å². The standard InChI is InChI=1S/C12H14ClNO/c13-8-10-2-1-3-11(6-10)14-12(15)7-9-4-5-9/h1-3,6,9H,4-5,7-8H2,(H,14,15). The molecular formula is C12H14ClNO. The number of carbonyl (C=O) groups excluding carboxylic acids is 1. The molecule has 1 saturated carbocycles. The van der Waals surface area contributed by atoms with Crippen LogP contribution in [0.3, 0.4) is 0 Å². The Bertz CT molecular complexity index is 360. The van der Waals surface area contributed by atoms with Crippen molar-refractivity contribution in [3.63, 3.8) is 0 Å². The molecule has 0 aliphatic heterocycles. The Morgan fingerprint density at radius 2 is 2.27 bits per heavy atom. The van der Waals surface area contributed by atoms with E-state index >= 15 is 0 Å². The molecule has 1 aliphatic rings. The summed E-state index contributed by atoms with van der Waals surface area (Å²) in [5.74, 6) is 1.22. The molecule has 1 amide bonds. The summed E-state index contributed by atoms with van der Waals surface area (Å²) in [5.41, 5.74) is 1.87. The van der Waals surface area contributed by atoms with Gasteiger partial charge in [-0.2, -0.15) is 0 Å². The number of rotatable bonds is 4. The van der Waals surface area contributed by atoms with Gasteiger partial charge in [0, 0.05) is 18.0 Å². The van der Waals surface area contributed by atoms with Crippen molar-refractivity contribution < 1.29 is 4.79 Å². The van der Waals surface area contributed by atoms with E-state index in [1.54, 1.807) is 0 Å². The van der Waals surface area contributed by atoms with Crippen LogP contribution in [0.4, 0.5) is 5.69 Å². The van der Waals surface area contributed by atoms with Gasteiger partial charge in [0.25, 0.3) is 0 Å². The number of alkyl halides is 1. The topological polar surface area (TPSA) is 29.1 Å². The van der Waals surface area contributed by atoms with Crippen molar-refractivity contribution in [3.05, 3.63) is 29.8 Å². The predicted molar refractivity (Wildman–Crippen MR) is 62.0 cm³/mol. The van der Waals surface area contributed by atoms with Gasteiger partial charge in [-0.05, 0) is 36.5 Å². The minimum Gasteiger partial charge on any atom is -0.326 e. The lowest BCUT2D eigenvalue weighted by Crippen LogP contribution is -2.11. The Hall–Kier alpha value is -1.02. The van der Waals surface area contributed by atoms with E-state index in [9.17, 15) is 4.79 Å². The highest BCUT2D eigenvalue weighted by Gasteiger charge is 2.24. The molecule has 0 atom stereocenters. The number of carbonyl (C=O) groups is 1. The first-order chi connectivity index (χ1) is 7.28. The maximum Gasteiger partial charge on any atom is 0.224 e. The van der Waals surface area contributed by atoms with E-state index in [1.807, 2.05) is 24.3 Å². The molecule has 0 saturated heterocycles. The first-order valence-electron chi connectivity index (χ1n) is 5.22. The van der Waals surface area contributed by atoms with Crippen LogP contribution >= 0.6 is 11.6 Å². The molecule has 80 valence electrons. The zero-order chi connectivity index (χ0) is 10.7. The maximum atomic E-state index is 11.5. The van der Waals surface area contributed by atoms with Crippen molar-refractivity contribution in [2.75, 3.05) is 5.32 Å². The Morgan fingerprint density at radius 3 is 2.93 bits per heavy atom. The molecule has 3 heteroatoms. The molecule has 1 aromatic rings. The summed E-state index contributed by atoms with van der Waals surface area (Å²) in [7, 11) is 0. The first-order valence-corrected chi connectivity index (χ1v) is 5.76. The molecular weight excluding hydrogens is 210 g/mol. The third-order valence-corrected chi connectivity index (χ3v) is 2.84. The zero-order valence-electron chi connectivity index (χ0n) is 8.50. The first kappa shape index (κ1) is 10.5. The zero-order valence-corrected chi connectivity index (χ0v) is 9.26. The third kappa shape index (κ3) is 3.24. The quantitative estimate of drug-likeness (QED) is 0.781. The molecule has 2 nitrogen and oxygen atoms in total. The summed E-state index contributed by atoms with van der Waals surface area (Å²) >= 11 is 5.72. The monoisotopic (exact) mass is 223 g/mol. The van der Waals surface area contributed by atoms with Gasteiger partial charge in [0.05, 0.1) is 0 Å². The number of hydrogen-bond acceptors (Lipinski definition) is 1. The Balaban J connectivity index is 1.93. The summed E-state index contributed by atoms with van der Waals surface area (Å²) in [6, 6.07) is 7.66. The average Bonchev–Trinajstić information content (AvgIpc) is 3.02. The molecule has 0 unspecified atom stereocenters. The maximum absolute atomic E-state index is 11.5. The van der Waals surface area contributed by atoms with Crippen LogP contribution in [0, 0.1) is 5.92 Å². The molecule has 1 aromatic carbocycles. The SMILES string of the molecule is O=C(CC1CC1)Nc1cccc(CCl)c1. The van der Waals surface area contributed by atoms with Gasteiger partial charge in [0.1, 0.15) is 0 Å². The van der Waals surface area contributed by atoms with Crippen molar-refractivity contribution in [3.8, 4) is 0 Å². The molecule has 0 radical (unpaired) electrons. The normalized spacial score (nSPS) is 15.0. The summed E-state index contributed by atoms with van der Waals surface area (Å²) in [6.07, 6.45) is 3.06. The largest absolute Gasteiger partial charge is 0.326 e. The van der Waals surface area contributed by atoms with E-state index in [-0.39, 0.29) is 5.91 Å². The van der Waals surface area contributed by atoms with Crippen molar-refractivity contribution in [1.29, 1.82) is 0 Å². The highest BCUT2D eigenvalue weighted by Crippen LogP contribution is 2.32. The molecule has 0 spiro atoms. The minimum atomic E-state index is 0.115. The number of halogens is 1. The number of amides is 1. The van der Waals surface area contributed by atoms with Crippen molar-refractivity contribution in [2.24, 2.45) is 5.92 Å². The fourth-order valence-corrected chi connectivity index (χ4v) is 1.69. The molecule has 1 N–H and O–H groups in total. The highest BCUT2D eigenvalue weighted by molar-refractivity contribution is 6.17. The summed E-state index contributed by atoms with van der Waals surface area (Å²) < 4.78 is 0. The minimum absolute atomic E-state index is 0.115. The van der Waals surface area contributed by atoms with Crippen LogP contribution in [-0.2, 0) is 10.7 Å².